The van der Waals surface area contributed by atoms with Crippen LogP contribution >= 0.6 is 11.6 Å². The van der Waals surface area contributed by atoms with Gasteiger partial charge in [0.25, 0.3) is 0 Å². The molecule has 1 unspecified atom stereocenters. The van der Waals surface area contributed by atoms with E-state index in [-0.39, 0.29) is 5.38 Å². The molecule has 3 nitrogen and oxygen atoms in total. The Kier molecular flexibility index (Phi) is 3.99. The molecule has 1 fully saturated rings. The maximum absolute atomic E-state index is 6.26. The largest absolute Gasteiger partial charge is 0.477 e. The van der Waals surface area contributed by atoms with Crippen molar-refractivity contribution in [3.05, 3.63) is 18.1 Å². The van der Waals surface area contributed by atoms with Crippen LogP contribution in [-0.2, 0) is 6.42 Å². The van der Waals surface area contributed by atoms with Crippen molar-refractivity contribution in [2.24, 2.45) is 5.92 Å². The maximum atomic E-state index is 6.26. The fraction of sp³-hybridized carbons (Fsp3) is 0.667. The predicted octanol–water partition coefficient (Wildman–Crippen LogP) is 2.83. The number of aromatic nitrogens is 2. The molecule has 1 heterocycles. The van der Waals surface area contributed by atoms with E-state index in [9.17, 15) is 0 Å². The van der Waals surface area contributed by atoms with Crippen LogP contribution in [0.2, 0.25) is 0 Å². The van der Waals surface area contributed by atoms with Crippen molar-refractivity contribution < 1.29 is 4.74 Å². The van der Waals surface area contributed by atoms with Gasteiger partial charge in [-0.15, -0.1) is 11.6 Å². The van der Waals surface area contributed by atoms with Crippen LogP contribution < -0.4 is 4.74 Å². The van der Waals surface area contributed by atoms with E-state index in [4.69, 9.17) is 16.3 Å². The third kappa shape index (κ3) is 3.34. The molecule has 2 rings (SSSR count). The van der Waals surface area contributed by atoms with Crippen LogP contribution in [0.15, 0.2) is 12.4 Å². The molecule has 16 heavy (non-hydrogen) atoms. The van der Waals surface area contributed by atoms with E-state index in [1.165, 1.54) is 12.8 Å². The Hall–Kier alpha value is -0.830. The molecule has 0 aromatic carbocycles. The monoisotopic (exact) mass is 240 g/mol. The number of hydrogen-bond donors (Lipinski definition) is 0. The van der Waals surface area contributed by atoms with E-state index >= 15 is 0 Å². The van der Waals surface area contributed by atoms with Crippen LogP contribution in [0.25, 0.3) is 0 Å². The lowest BCUT2D eigenvalue weighted by molar-refractivity contribution is 0.302. The van der Waals surface area contributed by atoms with E-state index in [1.807, 2.05) is 0 Å². The van der Waals surface area contributed by atoms with Crippen LogP contribution in [-0.4, -0.2) is 22.0 Å². The van der Waals surface area contributed by atoms with Gasteiger partial charge in [0.1, 0.15) is 0 Å². The topological polar surface area (TPSA) is 35.0 Å². The van der Waals surface area contributed by atoms with Gasteiger partial charge >= 0.3 is 0 Å². The Morgan fingerprint density at radius 1 is 1.50 bits per heavy atom. The third-order valence-electron chi connectivity index (χ3n) is 2.65. The summed E-state index contributed by atoms with van der Waals surface area (Å²) in [6, 6.07) is 0. The SMILES string of the molecule is CCCOc1cncc(CC(Cl)C2CC2)n1. The predicted molar refractivity (Wildman–Crippen MR) is 63.9 cm³/mol. The number of halogens is 1. The average Bonchev–Trinajstić information content (AvgIpc) is 3.10. The van der Waals surface area contributed by atoms with Gasteiger partial charge < -0.3 is 4.74 Å². The second-order valence-corrected chi connectivity index (χ2v) is 4.82. The fourth-order valence-corrected chi connectivity index (χ4v) is 2.00. The summed E-state index contributed by atoms with van der Waals surface area (Å²) >= 11 is 6.26. The van der Waals surface area contributed by atoms with Crippen molar-refractivity contribution >= 4 is 11.6 Å². The van der Waals surface area contributed by atoms with Gasteiger partial charge in [-0.05, 0) is 25.2 Å². The standard InChI is InChI=1S/C12H17ClN2O/c1-2-5-16-12-8-14-7-10(15-12)6-11(13)9-3-4-9/h7-9,11H,2-6H2,1H3. The molecule has 1 aromatic heterocycles. The highest BCUT2D eigenvalue weighted by Crippen LogP contribution is 2.36. The smallest absolute Gasteiger partial charge is 0.232 e. The van der Waals surface area contributed by atoms with E-state index in [1.54, 1.807) is 12.4 Å². The zero-order chi connectivity index (χ0) is 11.4. The fourth-order valence-electron chi connectivity index (χ4n) is 1.59. The second kappa shape index (κ2) is 5.48. The summed E-state index contributed by atoms with van der Waals surface area (Å²) in [5.41, 5.74) is 0.931. The first-order valence-corrected chi connectivity index (χ1v) is 6.31. The van der Waals surface area contributed by atoms with Crippen molar-refractivity contribution in [1.29, 1.82) is 0 Å². The first kappa shape index (κ1) is 11.6. The van der Waals surface area contributed by atoms with Gasteiger partial charge in [-0.3, -0.25) is 4.98 Å². The first-order valence-electron chi connectivity index (χ1n) is 5.87. The molecule has 0 saturated heterocycles. The lowest BCUT2D eigenvalue weighted by atomic mass is 10.2. The van der Waals surface area contributed by atoms with Crippen LogP contribution in [0, 0.1) is 5.92 Å². The van der Waals surface area contributed by atoms with E-state index in [0.29, 0.717) is 18.4 Å². The maximum Gasteiger partial charge on any atom is 0.232 e. The zero-order valence-electron chi connectivity index (χ0n) is 9.53. The van der Waals surface area contributed by atoms with Crippen LogP contribution in [0.5, 0.6) is 5.88 Å². The average molecular weight is 241 g/mol. The normalized spacial score (nSPS) is 17.1. The Balaban J connectivity index is 1.92. The molecular formula is C12H17ClN2O. The summed E-state index contributed by atoms with van der Waals surface area (Å²) in [6.07, 6.45) is 7.71. The minimum Gasteiger partial charge on any atom is -0.477 e. The third-order valence-corrected chi connectivity index (χ3v) is 3.16. The summed E-state index contributed by atoms with van der Waals surface area (Å²) in [5.74, 6) is 1.29. The molecule has 0 aliphatic heterocycles. The molecule has 1 atom stereocenters. The van der Waals surface area contributed by atoms with Crippen LogP contribution in [0.4, 0.5) is 0 Å². The van der Waals surface area contributed by atoms with Crippen molar-refractivity contribution in [1.82, 2.24) is 9.97 Å². The van der Waals surface area contributed by atoms with Gasteiger partial charge in [0.2, 0.25) is 5.88 Å². The Morgan fingerprint density at radius 3 is 3.00 bits per heavy atom. The Labute approximate surface area is 101 Å². The number of rotatable bonds is 6. The highest BCUT2D eigenvalue weighted by Gasteiger charge is 2.29. The minimum absolute atomic E-state index is 0.204. The number of ether oxygens (including phenoxy) is 1. The quantitative estimate of drug-likeness (QED) is 0.718. The van der Waals surface area contributed by atoms with Crippen molar-refractivity contribution in [2.75, 3.05) is 6.61 Å². The highest BCUT2D eigenvalue weighted by molar-refractivity contribution is 6.21. The highest BCUT2D eigenvalue weighted by atomic mass is 35.5. The van der Waals surface area contributed by atoms with E-state index < -0.39 is 0 Å². The van der Waals surface area contributed by atoms with Gasteiger partial charge in [-0.2, -0.15) is 0 Å². The molecular weight excluding hydrogens is 224 g/mol. The van der Waals surface area contributed by atoms with Crippen LogP contribution in [0.1, 0.15) is 31.9 Å². The minimum atomic E-state index is 0.204. The molecule has 1 saturated carbocycles. The molecule has 0 bridgehead atoms. The van der Waals surface area contributed by atoms with Crippen molar-refractivity contribution in [3.8, 4) is 5.88 Å². The van der Waals surface area contributed by atoms with Crippen molar-refractivity contribution in [2.45, 2.75) is 38.0 Å². The Morgan fingerprint density at radius 2 is 2.31 bits per heavy atom. The molecule has 4 heteroatoms. The lowest BCUT2D eigenvalue weighted by Crippen LogP contribution is -2.08. The van der Waals surface area contributed by atoms with Gasteiger partial charge in [-0.25, -0.2) is 4.98 Å². The van der Waals surface area contributed by atoms with Gasteiger partial charge in [0, 0.05) is 18.0 Å². The molecule has 0 amide bonds. The molecule has 1 aromatic rings. The molecule has 0 radical (unpaired) electrons. The number of nitrogens with zero attached hydrogens (tertiary/aromatic N) is 2. The summed E-state index contributed by atoms with van der Waals surface area (Å²) < 4.78 is 5.44. The Bertz CT molecular complexity index is 342. The number of alkyl halides is 1. The second-order valence-electron chi connectivity index (χ2n) is 4.25. The lowest BCUT2D eigenvalue weighted by Gasteiger charge is -2.08. The van der Waals surface area contributed by atoms with E-state index in [0.717, 1.165) is 18.5 Å². The van der Waals surface area contributed by atoms with Crippen molar-refractivity contribution in [3.63, 3.8) is 0 Å². The molecule has 1 aliphatic rings. The molecule has 0 spiro atoms. The first-order chi connectivity index (χ1) is 7.79. The van der Waals surface area contributed by atoms with Gasteiger partial charge in [0.05, 0.1) is 18.5 Å². The number of hydrogen-bond acceptors (Lipinski definition) is 3. The molecule has 0 N–H and O–H groups in total. The molecule has 1 aliphatic carbocycles. The summed E-state index contributed by atoms with van der Waals surface area (Å²) in [7, 11) is 0. The van der Waals surface area contributed by atoms with Gasteiger partial charge in [-0.1, -0.05) is 6.92 Å². The summed E-state index contributed by atoms with van der Waals surface area (Å²) in [5, 5.41) is 0.204. The summed E-state index contributed by atoms with van der Waals surface area (Å²) in [4.78, 5) is 8.52. The molecule has 88 valence electrons. The summed E-state index contributed by atoms with van der Waals surface area (Å²) in [6.45, 7) is 2.75. The van der Waals surface area contributed by atoms with E-state index in [2.05, 4.69) is 16.9 Å². The zero-order valence-corrected chi connectivity index (χ0v) is 10.3. The van der Waals surface area contributed by atoms with Gasteiger partial charge in [0.15, 0.2) is 0 Å². The van der Waals surface area contributed by atoms with Crippen LogP contribution in [0.3, 0.4) is 0 Å².